The second-order valence-corrected chi connectivity index (χ2v) is 12.2. The van der Waals surface area contributed by atoms with Crippen LogP contribution < -0.4 is 15.2 Å². The molecule has 0 fully saturated rings. The summed E-state index contributed by atoms with van der Waals surface area (Å²) in [6.07, 6.45) is 0.933. The first-order valence-electron chi connectivity index (χ1n) is 17.5. The number of methoxy groups -OCH3 is 4. The standard InChI is InChI=1S/C42H45N3O9/c1-49-35-10-5-8-30(25-35)38-39(31-9-6-11-36(26-31)50-2)45(40(44-38)32-22-33(41(47)51-3)24-34(23-32)42(48)52-4)27-28-13-15-29(16-14-28)37(46)12-7-18-53-20-21-54-19-17-43/h5-6,8-11,13-16,22-26H,7,12,17-21,27,43H2,1-4H3. The highest BCUT2D eigenvalue weighted by Gasteiger charge is 2.25. The van der Waals surface area contributed by atoms with Crippen LogP contribution in [0.4, 0.5) is 0 Å². The van der Waals surface area contributed by atoms with Gasteiger partial charge < -0.3 is 38.7 Å². The molecule has 0 saturated carbocycles. The van der Waals surface area contributed by atoms with Crippen molar-refractivity contribution in [3.63, 3.8) is 0 Å². The Kier molecular flexibility index (Phi) is 14.1. The van der Waals surface area contributed by atoms with Crippen molar-refractivity contribution in [3.8, 4) is 45.4 Å². The number of benzene rings is 4. The molecule has 4 aromatic carbocycles. The van der Waals surface area contributed by atoms with Crippen LogP contribution in [0.3, 0.4) is 0 Å². The molecule has 5 rings (SSSR count). The molecule has 0 spiro atoms. The highest BCUT2D eigenvalue weighted by molar-refractivity contribution is 5.98. The van der Waals surface area contributed by atoms with Crippen LogP contribution >= 0.6 is 0 Å². The van der Waals surface area contributed by atoms with Gasteiger partial charge in [-0.1, -0.05) is 48.5 Å². The predicted octanol–water partition coefficient (Wildman–Crippen LogP) is 6.48. The summed E-state index contributed by atoms with van der Waals surface area (Å²) in [4.78, 5) is 44.0. The van der Waals surface area contributed by atoms with E-state index in [2.05, 4.69) is 0 Å². The molecule has 12 heteroatoms. The molecule has 0 amide bonds. The summed E-state index contributed by atoms with van der Waals surface area (Å²) in [6.45, 7) is 2.64. The quantitative estimate of drug-likeness (QED) is 0.0564. The van der Waals surface area contributed by atoms with Gasteiger partial charge in [0.15, 0.2) is 5.78 Å². The number of hydrogen-bond acceptors (Lipinski definition) is 11. The van der Waals surface area contributed by atoms with Crippen LogP contribution in [0.1, 0.15) is 49.5 Å². The number of hydrogen-bond donors (Lipinski definition) is 1. The molecule has 5 aromatic rings. The minimum Gasteiger partial charge on any atom is -0.497 e. The van der Waals surface area contributed by atoms with Crippen LogP contribution in [0.5, 0.6) is 11.5 Å². The molecule has 282 valence electrons. The number of imidazole rings is 1. The Morgan fingerprint density at radius 1 is 0.648 bits per heavy atom. The van der Waals surface area contributed by atoms with Gasteiger partial charge >= 0.3 is 11.9 Å². The maximum absolute atomic E-state index is 13.1. The van der Waals surface area contributed by atoms with Gasteiger partial charge in [-0.15, -0.1) is 0 Å². The highest BCUT2D eigenvalue weighted by atomic mass is 16.5. The van der Waals surface area contributed by atoms with Crippen molar-refractivity contribution < 1.29 is 42.8 Å². The molecule has 0 atom stereocenters. The Morgan fingerprint density at radius 3 is 1.83 bits per heavy atom. The third kappa shape index (κ3) is 9.78. The van der Waals surface area contributed by atoms with E-state index in [0.29, 0.717) is 86.5 Å². The van der Waals surface area contributed by atoms with Crippen LogP contribution in [-0.4, -0.2) is 88.7 Å². The molecule has 0 saturated heterocycles. The Morgan fingerprint density at radius 2 is 1.24 bits per heavy atom. The topological polar surface area (TPSA) is 150 Å². The zero-order chi connectivity index (χ0) is 38.5. The molecule has 1 heterocycles. The Balaban J connectivity index is 1.59. The minimum atomic E-state index is -0.621. The zero-order valence-corrected chi connectivity index (χ0v) is 31.0. The predicted molar refractivity (Wildman–Crippen MR) is 204 cm³/mol. The first-order chi connectivity index (χ1) is 26.3. The van der Waals surface area contributed by atoms with Gasteiger partial charge in [0.1, 0.15) is 17.3 Å². The second-order valence-electron chi connectivity index (χ2n) is 12.2. The van der Waals surface area contributed by atoms with E-state index < -0.39 is 11.9 Å². The molecular formula is C42H45N3O9. The lowest BCUT2D eigenvalue weighted by Gasteiger charge is -2.16. The molecule has 1 aromatic heterocycles. The molecular weight excluding hydrogens is 690 g/mol. The number of carbonyl (C=O) groups is 3. The van der Waals surface area contributed by atoms with Gasteiger partial charge in [0, 0.05) is 48.4 Å². The molecule has 0 aliphatic heterocycles. The fraction of sp³-hybridized carbons (Fsp3) is 0.286. The van der Waals surface area contributed by atoms with Crippen molar-refractivity contribution in [3.05, 3.63) is 113 Å². The van der Waals surface area contributed by atoms with Gasteiger partial charge in [-0.3, -0.25) is 4.79 Å². The second kappa shape index (κ2) is 19.3. The van der Waals surface area contributed by atoms with E-state index in [1.165, 1.54) is 20.3 Å². The van der Waals surface area contributed by atoms with E-state index in [0.717, 1.165) is 22.4 Å². The molecule has 0 aliphatic carbocycles. The van der Waals surface area contributed by atoms with Gasteiger partial charge in [0.2, 0.25) is 0 Å². The molecule has 0 unspecified atom stereocenters. The number of esters is 2. The fourth-order valence-electron chi connectivity index (χ4n) is 5.95. The molecule has 2 N–H and O–H groups in total. The summed E-state index contributed by atoms with van der Waals surface area (Å²) in [6, 6.07) is 27.4. The largest absolute Gasteiger partial charge is 0.497 e. The number of nitrogens with two attached hydrogens (primary N) is 1. The summed E-state index contributed by atoms with van der Waals surface area (Å²) < 4.78 is 34.2. The summed E-state index contributed by atoms with van der Waals surface area (Å²) in [7, 11) is 5.76. The van der Waals surface area contributed by atoms with E-state index in [9.17, 15) is 14.4 Å². The van der Waals surface area contributed by atoms with E-state index >= 15 is 0 Å². The van der Waals surface area contributed by atoms with Crippen molar-refractivity contribution in [1.82, 2.24) is 9.55 Å². The van der Waals surface area contributed by atoms with Gasteiger partial charge in [0.05, 0.1) is 70.8 Å². The smallest absolute Gasteiger partial charge is 0.337 e. The van der Waals surface area contributed by atoms with Crippen LogP contribution in [-0.2, 0) is 25.5 Å². The summed E-state index contributed by atoms with van der Waals surface area (Å²) >= 11 is 0. The highest BCUT2D eigenvalue weighted by Crippen LogP contribution is 2.39. The van der Waals surface area contributed by atoms with Crippen molar-refractivity contribution in [2.45, 2.75) is 19.4 Å². The third-order valence-electron chi connectivity index (χ3n) is 8.63. The van der Waals surface area contributed by atoms with Crippen molar-refractivity contribution >= 4 is 17.7 Å². The molecule has 12 nitrogen and oxygen atoms in total. The summed E-state index contributed by atoms with van der Waals surface area (Å²) in [5, 5.41) is 0. The average Bonchev–Trinajstić information content (AvgIpc) is 3.60. The number of ketones is 1. The number of rotatable bonds is 19. The monoisotopic (exact) mass is 735 g/mol. The van der Waals surface area contributed by atoms with Crippen LogP contribution in [0.15, 0.2) is 91.0 Å². The minimum absolute atomic E-state index is 0.0141. The summed E-state index contributed by atoms with van der Waals surface area (Å²) in [5.41, 5.74) is 10.6. The van der Waals surface area contributed by atoms with Gasteiger partial charge in [-0.25, -0.2) is 14.6 Å². The number of Topliss-reactive ketones (excluding diaryl/α,β-unsaturated/α-hetero) is 1. The molecule has 0 bridgehead atoms. The van der Waals surface area contributed by atoms with Crippen LogP contribution in [0.2, 0.25) is 0 Å². The first kappa shape index (κ1) is 39.4. The normalized spacial score (nSPS) is 10.9. The Labute approximate surface area is 314 Å². The lowest BCUT2D eigenvalue weighted by atomic mass is 10.0. The Hall–Kier alpha value is -5.82. The maximum atomic E-state index is 13.1. The van der Waals surface area contributed by atoms with E-state index in [1.807, 2.05) is 77.4 Å². The molecule has 0 radical (unpaired) electrons. The van der Waals surface area contributed by atoms with E-state index in [1.54, 1.807) is 26.4 Å². The Bertz CT molecular complexity index is 2020. The fourth-order valence-corrected chi connectivity index (χ4v) is 5.95. The summed E-state index contributed by atoms with van der Waals surface area (Å²) in [5.74, 6) is 0.528. The third-order valence-corrected chi connectivity index (χ3v) is 8.63. The number of ether oxygens (including phenoxy) is 6. The lowest BCUT2D eigenvalue weighted by Crippen LogP contribution is -2.12. The van der Waals surface area contributed by atoms with Crippen LogP contribution in [0, 0.1) is 0 Å². The van der Waals surface area contributed by atoms with Gasteiger partial charge in [0.25, 0.3) is 0 Å². The molecule has 0 aliphatic rings. The lowest BCUT2D eigenvalue weighted by molar-refractivity contribution is 0.0489. The SMILES string of the molecule is COC(=O)c1cc(C(=O)OC)cc(-c2nc(-c3cccc(OC)c3)c(-c3cccc(OC)c3)n2Cc2ccc(C(=O)CCCOCCOCCN)cc2)c1. The average molecular weight is 736 g/mol. The zero-order valence-electron chi connectivity index (χ0n) is 31.0. The van der Waals surface area contributed by atoms with Crippen molar-refractivity contribution in [2.75, 3.05) is 61.4 Å². The van der Waals surface area contributed by atoms with Gasteiger partial charge in [-0.2, -0.15) is 0 Å². The number of carbonyl (C=O) groups excluding carboxylic acids is 3. The van der Waals surface area contributed by atoms with Gasteiger partial charge in [-0.05, 0) is 54.4 Å². The first-order valence-corrected chi connectivity index (χ1v) is 17.5. The maximum Gasteiger partial charge on any atom is 0.337 e. The van der Waals surface area contributed by atoms with Crippen LogP contribution in [0.25, 0.3) is 33.9 Å². The van der Waals surface area contributed by atoms with Crippen molar-refractivity contribution in [2.24, 2.45) is 5.73 Å². The molecule has 54 heavy (non-hydrogen) atoms. The van der Waals surface area contributed by atoms with E-state index in [-0.39, 0.29) is 16.9 Å². The number of nitrogens with zero attached hydrogens (tertiary/aromatic N) is 2. The van der Waals surface area contributed by atoms with E-state index in [4.69, 9.17) is 39.1 Å². The van der Waals surface area contributed by atoms with Crippen molar-refractivity contribution in [1.29, 1.82) is 0 Å². The number of aromatic nitrogens is 2.